The van der Waals surface area contributed by atoms with E-state index >= 15 is 0 Å². The van der Waals surface area contributed by atoms with E-state index in [2.05, 4.69) is 5.32 Å². The van der Waals surface area contributed by atoms with Crippen molar-refractivity contribution >= 4 is 33.6 Å². The summed E-state index contributed by atoms with van der Waals surface area (Å²) in [5.41, 5.74) is -3.53. The fourth-order valence-electron chi connectivity index (χ4n) is 2.90. The van der Waals surface area contributed by atoms with Crippen LogP contribution in [0.1, 0.15) is 33.5 Å². The fraction of sp³-hybridized carbons (Fsp3) is 0.333. The Balaban J connectivity index is 2.24. The van der Waals surface area contributed by atoms with Gasteiger partial charge in [-0.2, -0.15) is 51.3 Å². The van der Waals surface area contributed by atoms with Crippen LogP contribution in [0, 0.1) is 0 Å². The maximum atomic E-state index is 13.1. The molecule has 0 aliphatic carbocycles. The van der Waals surface area contributed by atoms with Crippen LogP contribution in [-0.4, -0.2) is 38.3 Å². The quantitative estimate of drug-likeness (QED) is 0.284. The molecular weight excluding hydrogens is 593 g/mol. The van der Waals surface area contributed by atoms with Gasteiger partial charge in [0.15, 0.2) is 0 Å². The minimum atomic E-state index is -5.33. The molecule has 1 unspecified atom stereocenters. The molecule has 2 aromatic rings. The predicted molar refractivity (Wildman–Crippen MR) is 121 cm³/mol. The average Bonchev–Trinajstić information content (AvgIpc) is 2.83. The van der Waals surface area contributed by atoms with Crippen LogP contribution < -0.4 is 15.6 Å². The molecule has 0 saturated carbocycles. The first-order valence-corrected chi connectivity index (χ1v) is 13.2. The highest BCUT2D eigenvalue weighted by Crippen LogP contribution is 2.37. The zero-order valence-corrected chi connectivity index (χ0v) is 21.0. The smallest absolute Gasteiger partial charge is 0.340 e. The van der Waals surface area contributed by atoms with Gasteiger partial charge in [-0.25, -0.2) is 8.42 Å². The fourth-order valence-corrected chi connectivity index (χ4v) is 4.29. The Morgan fingerprint density at radius 3 is 1.74 bits per heavy atom. The van der Waals surface area contributed by atoms with Crippen LogP contribution in [0.2, 0.25) is 0 Å². The van der Waals surface area contributed by atoms with Gasteiger partial charge in [-0.3, -0.25) is 15.0 Å². The first kappa shape index (κ1) is 32.2. The van der Waals surface area contributed by atoms with Gasteiger partial charge < -0.3 is 5.32 Å². The maximum absolute atomic E-state index is 13.1. The number of hydrogen-bond acceptors (Lipinski definition) is 5. The number of carbonyl (C=O) groups excluding carboxylic acids is 2. The number of carbonyl (C=O) groups is 2. The molecule has 0 fully saturated rings. The van der Waals surface area contributed by atoms with Crippen LogP contribution in [0.25, 0.3) is 0 Å². The summed E-state index contributed by atoms with van der Waals surface area (Å²) in [4.78, 5) is 24.9. The molecule has 0 aliphatic rings. The van der Waals surface area contributed by atoms with E-state index in [4.69, 9.17) is 0 Å². The molecule has 0 aromatic heterocycles. The summed E-state index contributed by atoms with van der Waals surface area (Å²) < 4.78 is 141. The van der Waals surface area contributed by atoms with Crippen LogP contribution >= 0.6 is 11.8 Å². The summed E-state index contributed by atoms with van der Waals surface area (Å²) in [6, 6.07) is 0.971. The van der Waals surface area contributed by atoms with Gasteiger partial charge in [0.2, 0.25) is 0 Å². The second kappa shape index (κ2) is 12.0. The molecule has 0 bridgehead atoms. The number of halogens is 9. The number of rotatable bonds is 9. The zero-order chi connectivity index (χ0) is 29.8. The van der Waals surface area contributed by atoms with E-state index < -0.39 is 68.0 Å². The van der Waals surface area contributed by atoms with Crippen molar-refractivity contribution in [3.05, 3.63) is 64.7 Å². The number of hydrazine groups is 1. The van der Waals surface area contributed by atoms with Gasteiger partial charge in [0.05, 0.1) is 21.6 Å². The van der Waals surface area contributed by atoms with Gasteiger partial charge in [0.1, 0.15) is 6.04 Å². The Morgan fingerprint density at radius 2 is 1.31 bits per heavy atom. The lowest BCUT2D eigenvalue weighted by molar-refractivity contribution is -0.143. The molecule has 7 nitrogen and oxygen atoms in total. The molecule has 216 valence electrons. The molecule has 1 atom stereocenters. The third-order valence-electron chi connectivity index (χ3n) is 4.89. The Bertz CT molecular complexity index is 1260. The van der Waals surface area contributed by atoms with E-state index in [1.54, 1.807) is 11.7 Å². The van der Waals surface area contributed by atoms with Crippen LogP contribution in [-0.2, 0) is 33.3 Å². The first-order chi connectivity index (χ1) is 17.8. The molecule has 2 amide bonds. The van der Waals surface area contributed by atoms with Gasteiger partial charge in [0, 0.05) is 5.56 Å². The molecule has 0 spiro atoms. The Labute approximate surface area is 219 Å². The van der Waals surface area contributed by atoms with Crippen molar-refractivity contribution in [3.63, 3.8) is 0 Å². The van der Waals surface area contributed by atoms with E-state index in [1.165, 1.54) is 16.6 Å². The minimum absolute atomic E-state index is 0.0681. The number of alkyl halides is 9. The molecule has 18 heteroatoms. The Kier molecular flexibility index (Phi) is 9.94. The van der Waals surface area contributed by atoms with Crippen molar-refractivity contribution in [2.45, 2.75) is 35.9 Å². The summed E-state index contributed by atoms with van der Waals surface area (Å²) >= 11 is 1.20. The van der Waals surface area contributed by atoms with Crippen molar-refractivity contribution in [3.8, 4) is 0 Å². The molecular formula is C21H18F9N3O4S2. The largest absolute Gasteiger partial charge is 0.416 e. The molecule has 39 heavy (non-hydrogen) atoms. The van der Waals surface area contributed by atoms with Crippen molar-refractivity contribution < 1.29 is 57.5 Å². The summed E-state index contributed by atoms with van der Waals surface area (Å²) in [5, 5.41) is 2.18. The lowest BCUT2D eigenvalue weighted by Crippen LogP contribution is -2.52. The average molecular weight is 612 g/mol. The van der Waals surface area contributed by atoms with Crippen LogP contribution in [0.3, 0.4) is 0 Å². The van der Waals surface area contributed by atoms with Crippen molar-refractivity contribution in [2.24, 2.45) is 0 Å². The highest BCUT2D eigenvalue weighted by atomic mass is 32.2. The van der Waals surface area contributed by atoms with Gasteiger partial charge >= 0.3 is 18.5 Å². The number of thioether (sulfide) groups is 1. The minimum Gasteiger partial charge on any atom is -0.340 e. The number of nitrogens with one attached hydrogen (secondary N) is 3. The van der Waals surface area contributed by atoms with Crippen molar-refractivity contribution in [1.82, 2.24) is 15.6 Å². The van der Waals surface area contributed by atoms with Gasteiger partial charge in [0.25, 0.3) is 21.8 Å². The highest BCUT2D eigenvalue weighted by Gasteiger charge is 2.38. The summed E-state index contributed by atoms with van der Waals surface area (Å²) in [5.74, 6) is -2.06. The zero-order valence-electron chi connectivity index (χ0n) is 19.4. The number of sulfonamides is 1. The monoisotopic (exact) mass is 611 g/mol. The molecule has 0 heterocycles. The highest BCUT2D eigenvalue weighted by molar-refractivity contribution is 7.98. The van der Waals surface area contributed by atoms with Crippen LogP contribution in [0.15, 0.2) is 47.4 Å². The molecule has 2 aromatic carbocycles. The number of benzene rings is 2. The van der Waals surface area contributed by atoms with Crippen molar-refractivity contribution in [2.75, 3.05) is 12.0 Å². The SMILES string of the molecule is CSCCC(NC(=O)c1ccc(C(F)(F)F)cc1)C(=O)NNS(=O)(=O)c1cc(C(F)(F)F)cc(C(F)(F)F)c1. The summed E-state index contributed by atoms with van der Waals surface area (Å²) in [7, 11) is -5.18. The molecule has 3 N–H and O–H groups in total. The topological polar surface area (TPSA) is 104 Å². The van der Waals surface area contributed by atoms with E-state index in [0.717, 1.165) is 12.1 Å². The van der Waals surface area contributed by atoms with Crippen molar-refractivity contribution in [1.29, 1.82) is 0 Å². The van der Waals surface area contributed by atoms with Gasteiger partial charge in [-0.15, -0.1) is 4.83 Å². The normalized spacial score (nSPS) is 13.6. The van der Waals surface area contributed by atoms with Gasteiger partial charge in [-0.1, -0.05) is 0 Å². The molecule has 0 aliphatic heterocycles. The van der Waals surface area contributed by atoms with Crippen LogP contribution in [0.5, 0.6) is 0 Å². The van der Waals surface area contributed by atoms with E-state index in [9.17, 15) is 57.5 Å². The third-order valence-corrected chi connectivity index (χ3v) is 6.76. The molecule has 0 saturated heterocycles. The second-order valence-corrected chi connectivity index (χ2v) is 10.4. The summed E-state index contributed by atoms with van der Waals surface area (Å²) in [6.45, 7) is 0. The van der Waals surface area contributed by atoms with E-state index in [0.29, 0.717) is 12.1 Å². The van der Waals surface area contributed by atoms with E-state index in [1.807, 2.05) is 0 Å². The Hall–Kier alpha value is -2.99. The lowest BCUT2D eigenvalue weighted by atomic mass is 10.1. The second-order valence-electron chi connectivity index (χ2n) is 7.72. The summed E-state index contributed by atoms with van der Waals surface area (Å²) in [6.07, 6.45) is -13.9. The first-order valence-electron chi connectivity index (χ1n) is 10.3. The molecule has 2 rings (SSSR count). The predicted octanol–water partition coefficient (Wildman–Crippen LogP) is 4.60. The lowest BCUT2D eigenvalue weighted by Gasteiger charge is -2.19. The standard InChI is InChI=1S/C21H18F9N3O4S2/c1-38-7-6-16(31-17(34)11-2-4-12(5-3-11)19(22,23)24)18(35)32-33-39(36,37)15-9-13(20(25,26)27)8-14(10-15)21(28,29)30/h2-5,8-10,16,33H,6-7H2,1H3,(H,31,34)(H,32,35). The third kappa shape index (κ3) is 9.03. The number of hydrogen-bond donors (Lipinski definition) is 3. The maximum Gasteiger partial charge on any atom is 0.416 e. The van der Waals surface area contributed by atoms with Crippen LogP contribution in [0.4, 0.5) is 39.5 Å². The Morgan fingerprint density at radius 1 is 0.821 bits per heavy atom. The molecule has 0 radical (unpaired) electrons. The van der Waals surface area contributed by atoms with Gasteiger partial charge in [-0.05, 0) is 60.9 Å². The number of amides is 2. The van der Waals surface area contributed by atoms with E-state index in [-0.39, 0.29) is 35.9 Å².